The molecule has 0 aromatic carbocycles. The smallest absolute Gasteiger partial charge is 0.295 e. The number of halogens is 2. The van der Waals surface area contributed by atoms with Crippen molar-refractivity contribution < 1.29 is 17.2 Å². The van der Waals surface area contributed by atoms with Gasteiger partial charge in [-0.3, -0.25) is 0 Å². The Hall–Kier alpha value is -3.59. The van der Waals surface area contributed by atoms with Gasteiger partial charge in [0.1, 0.15) is 28.9 Å². The van der Waals surface area contributed by atoms with E-state index in [0.29, 0.717) is 11.5 Å². The van der Waals surface area contributed by atoms with E-state index in [4.69, 9.17) is 5.26 Å². The number of anilines is 3. The SMILES string of the molecule is C[C@H](Nc1cc(Nc2cccc(C#N)n2)nc2nc(C(F)F)[nH]c12)C(C)(C)/C=C/S(C)(=O)=O. The largest absolute Gasteiger partial charge is 0.380 e. The first-order valence-corrected chi connectivity index (χ1v) is 11.8. The monoisotopic (exact) mass is 475 g/mol. The van der Waals surface area contributed by atoms with Crippen molar-refractivity contribution >= 4 is 38.3 Å². The normalized spacial score (nSPS) is 13.4. The van der Waals surface area contributed by atoms with Crippen LogP contribution in [0.15, 0.2) is 35.7 Å². The molecule has 9 nitrogen and oxygen atoms in total. The minimum atomic E-state index is -3.31. The van der Waals surface area contributed by atoms with Crippen LogP contribution in [0.1, 0.15) is 38.7 Å². The maximum Gasteiger partial charge on any atom is 0.295 e. The summed E-state index contributed by atoms with van der Waals surface area (Å²) in [6.07, 6.45) is -0.135. The van der Waals surface area contributed by atoms with E-state index in [2.05, 4.69) is 30.6 Å². The first kappa shape index (κ1) is 24.1. The third kappa shape index (κ3) is 6.01. The zero-order valence-electron chi connectivity index (χ0n) is 18.4. The van der Waals surface area contributed by atoms with Crippen molar-refractivity contribution in [1.82, 2.24) is 19.9 Å². The highest BCUT2D eigenvalue weighted by Crippen LogP contribution is 2.32. The molecule has 3 rings (SSSR count). The minimum absolute atomic E-state index is 0.0610. The van der Waals surface area contributed by atoms with Gasteiger partial charge in [-0.25, -0.2) is 32.2 Å². The molecule has 3 aromatic rings. The van der Waals surface area contributed by atoms with Gasteiger partial charge in [0.05, 0.1) is 5.69 Å². The molecule has 174 valence electrons. The lowest BCUT2D eigenvalue weighted by atomic mass is 9.85. The highest BCUT2D eigenvalue weighted by atomic mass is 32.2. The third-order valence-corrected chi connectivity index (χ3v) is 5.67. The number of imidazole rings is 1. The van der Waals surface area contributed by atoms with Crippen molar-refractivity contribution in [3.63, 3.8) is 0 Å². The fraction of sp³-hybridized carbons (Fsp3) is 0.333. The highest BCUT2D eigenvalue weighted by Gasteiger charge is 2.25. The summed E-state index contributed by atoms with van der Waals surface area (Å²) in [6, 6.07) is 8.06. The molecule has 3 N–H and O–H groups in total. The minimum Gasteiger partial charge on any atom is -0.380 e. The molecule has 0 aliphatic rings. The molecule has 0 aliphatic heterocycles. The summed E-state index contributed by atoms with van der Waals surface area (Å²) in [4.78, 5) is 14.9. The molecular formula is C21H23F2N7O2S. The standard InChI is InChI=1S/C21H23F2N7O2S/c1-12(21(2,3)8-9-33(4,31)32)25-14-10-16(27-15-7-5-6-13(11-24)26-15)28-19-17(14)29-20(30-19)18(22)23/h5-10,12,18H,1-4H3,(H3,25,26,27,28,29,30)/b9-8+/t12-/m0/s1. The van der Waals surface area contributed by atoms with E-state index < -0.39 is 27.5 Å². The average Bonchev–Trinajstić information content (AvgIpc) is 3.17. The summed E-state index contributed by atoms with van der Waals surface area (Å²) >= 11 is 0. The van der Waals surface area contributed by atoms with E-state index in [1.165, 1.54) is 0 Å². The molecule has 0 saturated carbocycles. The average molecular weight is 476 g/mol. The zero-order valence-corrected chi connectivity index (χ0v) is 19.2. The van der Waals surface area contributed by atoms with Gasteiger partial charge in [0, 0.05) is 29.2 Å². The first-order chi connectivity index (χ1) is 15.4. The molecule has 0 radical (unpaired) electrons. The van der Waals surface area contributed by atoms with Crippen LogP contribution in [0.25, 0.3) is 11.2 Å². The molecule has 0 bridgehead atoms. The van der Waals surface area contributed by atoms with E-state index >= 15 is 0 Å². The van der Waals surface area contributed by atoms with Crippen LogP contribution in [0.2, 0.25) is 0 Å². The lowest BCUT2D eigenvalue weighted by molar-refractivity contribution is 0.142. The number of hydrogen-bond acceptors (Lipinski definition) is 8. The maximum absolute atomic E-state index is 13.3. The number of aromatic nitrogens is 4. The number of alkyl halides is 2. The summed E-state index contributed by atoms with van der Waals surface area (Å²) in [5.74, 6) is 0.101. The zero-order chi connectivity index (χ0) is 24.4. The van der Waals surface area contributed by atoms with Crippen molar-refractivity contribution in [3.8, 4) is 6.07 Å². The van der Waals surface area contributed by atoms with Gasteiger partial charge in [-0.05, 0) is 19.1 Å². The molecule has 0 aliphatic carbocycles. The van der Waals surface area contributed by atoms with Crippen molar-refractivity contribution in [2.24, 2.45) is 5.41 Å². The number of rotatable bonds is 8. The van der Waals surface area contributed by atoms with Crippen molar-refractivity contribution in [2.45, 2.75) is 33.2 Å². The number of sulfone groups is 1. The van der Waals surface area contributed by atoms with Crippen molar-refractivity contribution in [2.75, 3.05) is 16.9 Å². The van der Waals surface area contributed by atoms with Gasteiger partial charge in [-0.15, -0.1) is 0 Å². The predicted octanol–water partition coefficient (Wildman–Crippen LogP) is 4.29. The molecular weight excluding hydrogens is 452 g/mol. The van der Waals surface area contributed by atoms with Gasteiger partial charge in [-0.1, -0.05) is 26.0 Å². The summed E-state index contributed by atoms with van der Waals surface area (Å²) in [6.45, 7) is 5.53. The fourth-order valence-electron chi connectivity index (χ4n) is 2.85. The molecule has 1 atom stereocenters. The summed E-state index contributed by atoms with van der Waals surface area (Å²) in [7, 11) is -3.31. The summed E-state index contributed by atoms with van der Waals surface area (Å²) in [5.41, 5.74) is 0.370. The Kier molecular flexibility index (Phi) is 6.64. The summed E-state index contributed by atoms with van der Waals surface area (Å²) in [5, 5.41) is 16.4. The van der Waals surface area contributed by atoms with Crippen LogP contribution in [0.5, 0.6) is 0 Å². The number of pyridine rings is 2. The molecule has 0 spiro atoms. The topological polar surface area (TPSA) is 136 Å². The van der Waals surface area contributed by atoms with Gasteiger partial charge in [0.15, 0.2) is 21.3 Å². The number of H-pyrrole nitrogens is 1. The Balaban J connectivity index is 2.01. The van der Waals surface area contributed by atoms with Crippen LogP contribution in [0.3, 0.4) is 0 Å². The first-order valence-electron chi connectivity index (χ1n) is 9.87. The van der Waals surface area contributed by atoms with Gasteiger partial charge >= 0.3 is 0 Å². The molecule has 0 unspecified atom stereocenters. The lowest BCUT2D eigenvalue weighted by Gasteiger charge is -2.30. The molecule has 12 heteroatoms. The number of fused-ring (bicyclic) bond motifs is 1. The number of hydrogen-bond donors (Lipinski definition) is 3. The van der Waals surface area contributed by atoms with Gasteiger partial charge in [0.2, 0.25) is 0 Å². The van der Waals surface area contributed by atoms with Crippen molar-refractivity contribution in [1.29, 1.82) is 5.26 Å². The molecule has 3 heterocycles. The molecule has 33 heavy (non-hydrogen) atoms. The number of nitriles is 1. The Morgan fingerprint density at radius 1 is 1.21 bits per heavy atom. The lowest BCUT2D eigenvalue weighted by Crippen LogP contribution is -2.32. The maximum atomic E-state index is 13.3. The van der Waals surface area contributed by atoms with E-state index in [9.17, 15) is 17.2 Å². The van der Waals surface area contributed by atoms with Gasteiger partial charge < -0.3 is 15.6 Å². The van der Waals surface area contributed by atoms with E-state index in [1.807, 2.05) is 26.8 Å². The van der Waals surface area contributed by atoms with Crippen LogP contribution in [0.4, 0.5) is 26.1 Å². The number of aromatic amines is 1. The van der Waals surface area contributed by atoms with Gasteiger partial charge in [-0.2, -0.15) is 5.26 Å². The highest BCUT2D eigenvalue weighted by molar-refractivity contribution is 7.93. The molecule has 0 fully saturated rings. The van der Waals surface area contributed by atoms with Crippen LogP contribution in [-0.4, -0.2) is 40.7 Å². The quantitative estimate of drug-likeness (QED) is 0.439. The van der Waals surface area contributed by atoms with Crippen molar-refractivity contribution in [3.05, 3.63) is 47.3 Å². The van der Waals surface area contributed by atoms with E-state index in [-0.39, 0.29) is 28.7 Å². The molecule has 0 amide bonds. The predicted molar refractivity (Wildman–Crippen MR) is 122 cm³/mol. The second kappa shape index (κ2) is 9.11. The Bertz CT molecular complexity index is 1340. The van der Waals surface area contributed by atoms with Crippen LogP contribution >= 0.6 is 0 Å². The van der Waals surface area contributed by atoms with Gasteiger partial charge in [0.25, 0.3) is 6.43 Å². The van der Waals surface area contributed by atoms with Crippen LogP contribution < -0.4 is 10.6 Å². The molecule has 0 saturated heterocycles. The van der Waals surface area contributed by atoms with E-state index in [0.717, 1.165) is 11.7 Å². The van der Waals surface area contributed by atoms with Crippen LogP contribution in [0, 0.1) is 16.7 Å². The fourth-order valence-corrected chi connectivity index (χ4v) is 3.45. The second-order valence-corrected chi connectivity index (χ2v) is 10.1. The number of nitrogens with one attached hydrogen (secondary N) is 3. The molecule has 3 aromatic heterocycles. The number of nitrogens with zero attached hydrogens (tertiary/aromatic N) is 4. The Morgan fingerprint density at radius 2 is 1.94 bits per heavy atom. The summed E-state index contributed by atoms with van der Waals surface area (Å²) < 4.78 is 49.6. The Labute approximate surface area is 189 Å². The second-order valence-electron chi connectivity index (χ2n) is 8.14. The van der Waals surface area contributed by atoms with E-state index in [1.54, 1.807) is 30.3 Å². The third-order valence-electron chi connectivity index (χ3n) is 5.04. The Morgan fingerprint density at radius 3 is 2.58 bits per heavy atom. The van der Waals surface area contributed by atoms with Crippen LogP contribution in [-0.2, 0) is 9.84 Å².